The summed E-state index contributed by atoms with van der Waals surface area (Å²) in [4.78, 5) is 13.4. The number of ether oxygens (including phenoxy) is 2. The molecule has 0 fully saturated rings. The number of rotatable bonds is 10. The second-order valence-electron chi connectivity index (χ2n) is 5.77. The molecule has 1 atom stereocenters. The van der Waals surface area contributed by atoms with Crippen molar-refractivity contribution < 1.29 is 14.3 Å². The van der Waals surface area contributed by atoms with Crippen molar-refractivity contribution in [3.8, 4) is 11.5 Å². The average molecular weight is 374 g/mol. The SMILES string of the molecule is CCOc1ccc([C@@H](C)NC(=O)CCSc2ccccc2)cc1OCC. The second-order valence-corrected chi connectivity index (χ2v) is 6.94. The lowest BCUT2D eigenvalue weighted by Crippen LogP contribution is -2.26. The molecule has 0 bridgehead atoms. The molecule has 0 saturated heterocycles. The summed E-state index contributed by atoms with van der Waals surface area (Å²) in [6.45, 7) is 7.03. The van der Waals surface area contributed by atoms with Gasteiger partial charge in [-0.3, -0.25) is 4.79 Å². The van der Waals surface area contributed by atoms with Gasteiger partial charge in [0, 0.05) is 17.1 Å². The molecule has 4 nitrogen and oxygen atoms in total. The molecule has 140 valence electrons. The van der Waals surface area contributed by atoms with Crippen LogP contribution in [0.15, 0.2) is 53.4 Å². The lowest BCUT2D eigenvalue weighted by Gasteiger charge is -2.17. The summed E-state index contributed by atoms with van der Waals surface area (Å²) in [5.41, 5.74) is 1.00. The number of thioether (sulfide) groups is 1. The summed E-state index contributed by atoms with van der Waals surface area (Å²) in [5.74, 6) is 2.26. The predicted octanol–water partition coefficient (Wildman–Crippen LogP) is 4.84. The van der Waals surface area contributed by atoms with Gasteiger partial charge in [-0.15, -0.1) is 11.8 Å². The molecular formula is C21H27NO3S. The van der Waals surface area contributed by atoms with E-state index < -0.39 is 0 Å². The van der Waals surface area contributed by atoms with Crippen LogP contribution in [-0.4, -0.2) is 24.9 Å². The van der Waals surface area contributed by atoms with Crippen molar-refractivity contribution in [3.63, 3.8) is 0 Å². The Morgan fingerprint density at radius 2 is 1.73 bits per heavy atom. The Hall–Kier alpha value is -2.14. The molecule has 2 rings (SSSR count). The Morgan fingerprint density at radius 1 is 1.04 bits per heavy atom. The Balaban J connectivity index is 1.88. The van der Waals surface area contributed by atoms with Gasteiger partial charge < -0.3 is 14.8 Å². The van der Waals surface area contributed by atoms with Crippen LogP contribution in [0.1, 0.15) is 38.8 Å². The highest BCUT2D eigenvalue weighted by Gasteiger charge is 2.13. The van der Waals surface area contributed by atoms with Crippen molar-refractivity contribution in [2.75, 3.05) is 19.0 Å². The third-order valence-corrected chi connectivity index (χ3v) is 4.80. The first-order chi connectivity index (χ1) is 12.6. The summed E-state index contributed by atoms with van der Waals surface area (Å²) in [5, 5.41) is 3.05. The molecule has 26 heavy (non-hydrogen) atoms. The van der Waals surface area contributed by atoms with Gasteiger partial charge in [0.25, 0.3) is 0 Å². The van der Waals surface area contributed by atoms with E-state index in [1.165, 1.54) is 4.90 Å². The zero-order chi connectivity index (χ0) is 18.8. The molecule has 0 unspecified atom stereocenters. The Labute approximate surface area is 160 Å². The average Bonchev–Trinajstić information content (AvgIpc) is 2.64. The zero-order valence-corrected chi connectivity index (χ0v) is 16.5. The van der Waals surface area contributed by atoms with Crippen LogP contribution in [0, 0.1) is 0 Å². The normalized spacial score (nSPS) is 11.7. The Kier molecular flexibility index (Phi) is 8.35. The van der Waals surface area contributed by atoms with E-state index in [0.717, 1.165) is 17.1 Å². The van der Waals surface area contributed by atoms with E-state index in [4.69, 9.17) is 9.47 Å². The molecule has 0 aliphatic carbocycles. The van der Waals surface area contributed by atoms with E-state index in [-0.39, 0.29) is 11.9 Å². The quantitative estimate of drug-likeness (QED) is 0.605. The van der Waals surface area contributed by atoms with Crippen LogP contribution in [0.25, 0.3) is 0 Å². The first kappa shape index (κ1) is 20.2. The minimum atomic E-state index is -0.0842. The monoisotopic (exact) mass is 373 g/mol. The van der Waals surface area contributed by atoms with E-state index in [9.17, 15) is 4.79 Å². The smallest absolute Gasteiger partial charge is 0.221 e. The lowest BCUT2D eigenvalue weighted by atomic mass is 10.1. The lowest BCUT2D eigenvalue weighted by molar-refractivity contribution is -0.121. The Bertz CT molecular complexity index is 691. The molecule has 0 saturated carbocycles. The molecule has 0 radical (unpaired) electrons. The summed E-state index contributed by atoms with van der Waals surface area (Å²) < 4.78 is 11.2. The maximum Gasteiger partial charge on any atom is 0.221 e. The largest absolute Gasteiger partial charge is 0.490 e. The fraction of sp³-hybridized carbons (Fsp3) is 0.381. The number of benzene rings is 2. The van der Waals surface area contributed by atoms with Gasteiger partial charge in [0.05, 0.1) is 19.3 Å². The zero-order valence-electron chi connectivity index (χ0n) is 15.7. The van der Waals surface area contributed by atoms with E-state index in [1.807, 2.05) is 57.2 Å². The van der Waals surface area contributed by atoms with Gasteiger partial charge in [0.1, 0.15) is 0 Å². The predicted molar refractivity (Wildman–Crippen MR) is 107 cm³/mol. The third kappa shape index (κ3) is 6.30. The number of amides is 1. The molecule has 2 aromatic rings. The maximum absolute atomic E-state index is 12.2. The molecule has 2 aromatic carbocycles. The van der Waals surface area contributed by atoms with E-state index >= 15 is 0 Å². The molecular weight excluding hydrogens is 346 g/mol. The summed E-state index contributed by atoms with van der Waals surface area (Å²) in [6.07, 6.45) is 0.485. The first-order valence-electron chi connectivity index (χ1n) is 9.00. The van der Waals surface area contributed by atoms with Gasteiger partial charge in [0.15, 0.2) is 11.5 Å². The number of carbonyl (C=O) groups excluding carboxylic acids is 1. The number of carbonyl (C=O) groups is 1. The molecule has 0 aliphatic heterocycles. The highest BCUT2D eigenvalue weighted by atomic mass is 32.2. The summed E-state index contributed by atoms with van der Waals surface area (Å²) >= 11 is 1.69. The van der Waals surface area contributed by atoms with Gasteiger partial charge in [-0.25, -0.2) is 0 Å². The Morgan fingerprint density at radius 3 is 2.42 bits per heavy atom. The van der Waals surface area contributed by atoms with Crippen molar-refractivity contribution >= 4 is 17.7 Å². The number of hydrogen-bond donors (Lipinski definition) is 1. The van der Waals surface area contributed by atoms with E-state index in [2.05, 4.69) is 17.4 Å². The third-order valence-electron chi connectivity index (χ3n) is 3.79. The van der Waals surface area contributed by atoms with Crippen molar-refractivity contribution in [2.24, 2.45) is 0 Å². The standard InChI is InChI=1S/C21H27NO3S/c1-4-24-19-12-11-17(15-20(19)25-5-2)16(3)22-21(23)13-14-26-18-9-7-6-8-10-18/h6-12,15-16H,4-5,13-14H2,1-3H3,(H,22,23)/t16-/m1/s1. The van der Waals surface area contributed by atoms with Crippen LogP contribution in [0.5, 0.6) is 11.5 Å². The fourth-order valence-corrected chi connectivity index (χ4v) is 3.39. The fourth-order valence-electron chi connectivity index (χ4n) is 2.51. The van der Waals surface area contributed by atoms with E-state index in [0.29, 0.717) is 25.4 Å². The van der Waals surface area contributed by atoms with Crippen molar-refractivity contribution in [1.29, 1.82) is 0 Å². The van der Waals surface area contributed by atoms with Crippen LogP contribution in [0.4, 0.5) is 0 Å². The number of hydrogen-bond acceptors (Lipinski definition) is 4. The molecule has 1 amide bonds. The molecule has 0 aliphatic rings. The highest BCUT2D eigenvalue weighted by Crippen LogP contribution is 2.30. The van der Waals surface area contributed by atoms with Crippen LogP contribution >= 0.6 is 11.8 Å². The number of nitrogens with one attached hydrogen (secondary N) is 1. The van der Waals surface area contributed by atoms with Crippen molar-refractivity contribution in [1.82, 2.24) is 5.32 Å². The topological polar surface area (TPSA) is 47.6 Å². The van der Waals surface area contributed by atoms with Crippen LogP contribution in [0.3, 0.4) is 0 Å². The minimum Gasteiger partial charge on any atom is -0.490 e. The van der Waals surface area contributed by atoms with Crippen LogP contribution in [0.2, 0.25) is 0 Å². The molecule has 5 heteroatoms. The van der Waals surface area contributed by atoms with Crippen LogP contribution < -0.4 is 14.8 Å². The van der Waals surface area contributed by atoms with Crippen LogP contribution in [-0.2, 0) is 4.79 Å². The highest BCUT2D eigenvalue weighted by molar-refractivity contribution is 7.99. The first-order valence-corrected chi connectivity index (χ1v) is 9.99. The molecule has 0 heterocycles. The van der Waals surface area contributed by atoms with Crippen molar-refractivity contribution in [3.05, 3.63) is 54.1 Å². The van der Waals surface area contributed by atoms with Crippen molar-refractivity contribution in [2.45, 2.75) is 38.1 Å². The van der Waals surface area contributed by atoms with Gasteiger partial charge >= 0.3 is 0 Å². The van der Waals surface area contributed by atoms with E-state index in [1.54, 1.807) is 11.8 Å². The molecule has 0 aromatic heterocycles. The second kappa shape index (κ2) is 10.8. The van der Waals surface area contributed by atoms with Gasteiger partial charge in [-0.1, -0.05) is 24.3 Å². The summed E-state index contributed by atoms with van der Waals surface area (Å²) in [6, 6.07) is 15.8. The molecule has 0 spiro atoms. The van der Waals surface area contributed by atoms with Gasteiger partial charge in [0.2, 0.25) is 5.91 Å². The molecule has 1 N–H and O–H groups in total. The maximum atomic E-state index is 12.2. The van der Waals surface area contributed by atoms with Gasteiger partial charge in [-0.2, -0.15) is 0 Å². The minimum absolute atomic E-state index is 0.0489. The summed E-state index contributed by atoms with van der Waals surface area (Å²) in [7, 11) is 0. The van der Waals surface area contributed by atoms with Gasteiger partial charge in [-0.05, 0) is 50.6 Å².